The van der Waals surface area contributed by atoms with Crippen LogP contribution in [0.4, 0.5) is 0 Å². The number of aromatic nitrogens is 1. The monoisotopic (exact) mass is 226 g/mol. The second-order valence-electron chi connectivity index (χ2n) is 4.11. The molecule has 1 aliphatic rings. The molecule has 2 heterocycles. The van der Waals surface area contributed by atoms with Crippen molar-refractivity contribution in [1.82, 2.24) is 10.3 Å². The highest BCUT2D eigenvalue weighted by molar-refractivity contribution is 7.11. The molecule has 84 valence electrons. The van der Waals surface area contributed by atoms with E-state index in [-0.39, 0.29) is 6.61 Å². The molecule has 1 aromatic rings. The van der Waals surface area contributed by atoms with Crippen LogP contribution in [0.3, 0.4) is 0 Å². The lowest BCUT2D eigenvalue weighted by atomic mass is 9.97. The van der Waals surface area contributed by atoms with Gasteiger partial charge in [0.2, 0.25) is 0 Å². The van der Waals surface area contributed by atoms with Gasteiger partial charge in [-0.05, 0) is 31.8 Å². The summed E-state index contributed by atoms with van der Waals surface area (Å²) in [6.07, 6.45) is 6.37. The average Bonchev–Trinajstić information content (AvgIpc) is 2.68. The Kier molecular flexibility index (Phi) is 4.11. The van der Waals surface area contributed by atoms with Crippen LogP contribution in [0, 0.1) is 5.92 Å². The Hall–Kier alpha value is -0.450. The summed E-state index contributed by atoms with van der Waals surface area (Å²) in [5.41, 5.74) is 0. The largest absolute Gasteiger partial charge is 0.396 e. The van der Waals surface area contributed by atoms with Crippen LogP contribution in [0.5, 0.6) is 0 Å². The minimum Gasteiger partial charge on any atom is -0.396 e. The first-order valence-electron chi connectivity index (χ1n) is 5.63. The van der Waals surface area contributed by atoms with Gasteiger partial charge in [0.15, 0.2) is 0 Å². The Labute approximate surface area is 94.5 Å². The molecule has 0 aromatic carbocycles. The molecule has 4 heteroatoms. The molecular formula is C11H18N2OS. The SMILES string of the molecule is OCCc1cnc(CC2CCCNC2)s1. The van der Waals surface area contributed by atoms with Crippen molar-refractivity contribution >= 4 is 11.3 Å². The molecule has 0 radical (unpaired) electrons. The lowest BCUT2D eigenvalue weighted by Gasteiger charge is -2.21. The van der Waals surface area contributed by atoms with Crippen molar-refractivity contribution in [2.24, 2.45) is 5.92 Å². The normalized spacial score (nSPS) is 21.8. The van der Waals surface area contributed by atoms with E-state index in [1.807, 2.05) is 6.20 Å². The maximum absolute atomic E-state index is 8.82. The second kappa shape index (κ2) is 5.58. The zero-order valence-electron chi connectivity index (χ0n) is 8.91. The fraction of sp³-hybridized carbons (Fsp3) is 0.727. The number of hydrogen-bond acceptors (Lipinski definition) is 4. The molecule has 0 amide bonds. The van der Waals surface area contributed by atoms with Gasteiger partial charge in [-0.15, -0.1) is 11.3 Å². The van der Waals surface area contributed by atoms with Crippen molar-refractivity contribution in [2.75, 3.05) is 19.7 Å². The Morgan fingerprint density at radius 1 is 1.60 bits per heavy atom. The van der Waals surface area contributed by atoms with Crippen LogP contribution in [-0.4, -0.2) is 29.8 Å². The molecule has 15 heavy (non-hydrogen) atoms. The third-order valence-corrected chi connectivity index (χ3v) is 3.90. The van der Waals surface area contributed by atoms with E-state index in [2.05, 4.69) is 10.3 Å². The third-order valence-electron chi connectivity index (χ3n) is 2.82. The minimum atomic E-state index is 0.229. The van der Waals surface area contributed by atoms with Gasteiger partial charge in [-0.3, -0.25) is 0 Å². The van der Waals surface area contributed by atoms with E-state index in [0.29, 0.717) is 0 Å². The quantitative estimate of drug-likeness (QED) is 0.811. The van der Waals surface area contributed by atoms with Crippen molar-refractivity contribution < 1.29 is 5.11 Å². The van der Waals surface area contributed by atoms with Crippen molar-refractivity contribution in [3.63, 3.8) is 0 Å². The molecule has 1 aliphatic heterocycles. The van der Waals surface area contributed by atoms with Crippen molar-refractivity contribution in [1.29, 1.82) is 0 Å². The summed E-state index contributed by atoms with van der Waals surface area (Å²) in [5, 5.41) is 13.5. The molecule has 3 nitrogen and oxygen atoms in total. The summed E-state index contributed by atoms with van der Waals surface area (Å²) < 4.78 is 0. The lowest BCUT2D eigenvalue weighted by Crippen LogP contribution is -2.30. The fourth-order valence-corrected chi connectivity index (χ4v) is 3.04. The average molecular weight is 226 g/mol. The summed E-state index contributed by atoms with van der Waals surface area (Å²) in [6.45, 7) is 2.53. The highest BCUT2D eigenvalue weighted by atomic mass is 32.1. The van der Waals surface area contributed by atoms with Gasteiger partial charge in [0.1, 0.15) is 0 Å². The Morgan fingerprint density at radius 3 is 3.27 bits per heavy atom. The fourth-order valence-electron chi connectivity index (χ4n) is 2.01. The van der Waals surface area contributed by atoms with E-state index in [4.69, 9.17) is 5.11 Å². The van der Waals surface area contributed by atoms with Gasteiger partial charge in [-0.1, -0.05) is 0 Å². The summed E-state index contributed by atoms with van der Waals surface area (Å²) >= 11 is 1.75. The highest BCUT2D eigenvalue weighted by Crippen LogP contribution is 2.20. The van der Waals surface area contributed by atoms with Crippen molar-refractivity contribution in [3.05, 3.63) is 16.1 Å². The zero-order chi connectivity index (χ0) is 10.5. The highest BCUT2D eigenvalue weighted by Gasteiger charge is 2.15. The molecule has 0 bridgehead atoms. The number of nitrogens with zero attached hydrogens (tertiary/aromatic N) is 1. The topological polar surface area (TPSA) is 45.2 Å². The van der Waals surface area contributed by atoms with Crippen LogP contribution in [-0.2, 0) is 12.8 Å². The van der Waals surface area contributed by atoms with Gasteiger partial charge in [-0.2, -0.15) is 0 Å². The molecule has 0 aliphatic carbocycles. The third kappa shape index (κ3) is 3.26. The predicted molar refractivity (Wildman–Crippen MR) is 62.2 cm³/mol. The van der Waals surface area contributed by atoms with E-state index in [1.165, 1.54) is 29.3 Å². The Bertz CT molecular complexity index is 295. The second-order valence-corrected chi connectivity index (χ2v) is 5.31. The predicted octanol–water partition coefficient (Wildman–Crippen LogP) is 1.22. The van der Waals surface area contributed by atoms with E-state index in [1.54, 1.807) is 11.3 Å². The summed E-state index contributed by atoms with van der Waals surface area (Å²) in [5.74, 6) is 0.756. The number of rotatable bonds is 4. The molecule has 1 aromatic heterocycles. The molecule has 0 spiro atoms. The van der Waals surface area contributed by atoms with Gasteiger partial charge >= 0.3 is 0 Å². The number of nitrogens with one attached hydrogen (secondary N) is 1. The van der Waals surface area contributed by atoms with Crippen LogP contribution in [0.1, 0.15) is 22.7 Å². The first-order valence-corrected chi connectivity index (χ1v) is 6.45. The van der Waals surface area contributed by atoms with E-state index < -0.39 is 0 Å². The van der Waals surface area contributed by atoms with Crippen LogP contribution >= 0.6 is 11.3 Å². The van der Waals surface area contributed by atoms with Crippen molar-refractivity contribution in [2.45, 2.75) is 25.7 Å². The Morgan fingerprint density at radius 2 is 2.53 bits per heavy atom. The lowest BCUT2D eigenvalue weighted by molar-refractivity contribution is 0.300. The molecule has 2 rings (SSSR count). The summed E-state index contributed by atoms with van der Waals surface area (Å²) in [7, 11) is 0. The van der Waals surface area contributed by atoms with Crippen LogP contribution in [0.25, 0.3) is 0 Å². The molecule has 0 saturated carbocycles. The number of hydrogen-bond donors (Lipinski definition) is 2. The minimum absolute atomic E-state index is 0.229. The molecule has 1 fully saturated rings. The smallest absolute Gasteiger partial charge is 0.0930 e. The van der Waals surface area contributed by atoms with E-state index >= 15 is 0 Å². The first kappa shape index (κ1) is 11.0. The molecule has 1 atom stereocenters. The van der Waals surface area contributed by atoms with Gasteiger partial charge in [-0.25, -0.2) is 4.98 Å². The van der Waals surface area contributed by atoms with Crippen LogP contribution in [0.2, 0.25) is 0 Å². The van der Waals surface area contributed by atoms with E-state index in [0.717, 1.165) is 25.3 Å². The maximum atomic E-state index is 8.82. The molecule has 2 N–H and O–H groups in total. The number of aliphatic hydroxyl groups excluding tert-OH is 1. The van der Waals surface area contributed by atoms with Gasteiger partial charge in [0, 0.05) is 30.5 Å². The zero-order valence-corrected chi connectivity index (χ0v) is 9.72. The molecule has 1 saturated heterocycles. The van der Waals surface area contributed by atoms with Gasteiger partial charge in [0.25, 0.3) is 0 Å². The number of aliphatic hydroxyl groups is 1. The summed E-state index contributed by atoms with van der Waals surface area (Å²) in [6, 6.07) is 0. The Balaban J connectivity index is 1.86. The molecule has 1 unspecified atom stereocenters. The maximum Gasteiger partial charge on any atom is 0.0930 e. The van der Waals surface area contributed by atoms with Crippen LogP contribution in [0.15, 0.2) is 6.20 Å². The molecular weight excluding hydrogens is 208 g/mol. The van der Waals surface area contributed by atoms with Crippen molar-refractivity contribution in [3.8, 4) is 0 Å². The summed E-state index contributed by atoms with van der Waals surface area (Å²) in [4.78, 5) is 5.61. The van der Waals surface area contributed by atoms with Gasteiger partial charge in [0.05, 0.1) is 5.01 Å². The standard InChI is InChI=1S/C11H18N2OS/c14-5-3-10-8-13-11(15-10)6-9-2-1-4-12-7-9/h8-9,12,14H,1-7H2. The van der Waals surface area contributed by atoms with Crippen LogP contribution < -0.4 is 5.32 Å². The number of thiazole rings is 1. The first-order chi connectivity index (χ1) is 7.38. The van der Waals surface area contributed by atoms with Gasteiger partial charge < -0.3 is 10.4 Å². The van der Waals surface area contributed by atoms with E-state index in [9.17, 15) is 0 Å². The number of piperidine rings is 1.